The first-order valence-electron chi connectivity index (χ1n) is 18.0. The fourth-order valence-electron chi connectivity index (χ4n) is 6.78. The fourth-order valence-corrected chi connectivity index (χ4v) is 6.78. The summed E-state index contributed by atoms with van der Waals surface area (Å²) in [5, 5.41) is 12.8. The lowest BCUT2D eigenvalue weighted by Crippen LogP contribution is -2.33. The Bertz CT molecular complexity index is 2330. The molecule has 0 spiro atoms. The molecule has 0 saturated carbocycles. The number of benzene rings is 3. The van der Waals surface area contributed by atoms with Crippen molar-refractivity contribution < 1.29 is 37.3 Å². The normalized spacial score (nSPS) is 16.4. The first kappa shape index (κ1) is 38.1. The summed E-state index contributed by atoms with van der Waals surface area (Å²) in [7, 11) is 1.56. The van der Waals surface area contributed by atoms with E-state index in [1.807, 2.05) is 24.3 Å². The van der Waals surface area contributed by atoms with Gasteiger partial charge in [0.25, 0.3) is 5.91 Å². The summed E-state index contributed by atoms with van der Waals surface area (Å²) in [6, 6.07) is 19.5. The molecule has 2 aromatic heterocycles. The summed E-state index contributed by atoms with van der Waals surface area (Å²) < 4.78 is 58.5. The van der Waals surface area contributed by atoms with Crippen LogP contribution >= 0.6 is 0 Å². The van der Waals surface area contributed by atoms with Gasteiger partial charge in [0.1, 0.15) is 35.7 Å². The topological polar surface area (TPSA) is 160 Å². The van der Waals surface area contributed by atoms with E-state index in [9.17, 15) is 19.2 Å². The van der Waals surface area contributed by atoms with Crippen LogP contribution in [-0.4, -0.2) is 68.3 Å². The first-order valence-corrected chi connectivity index (χ1v) is 18.0. The lowest BCUT2D eigenvalue weighted by molar-refractivity contribution is -0.101. The van der Waals surface area contributed by atoms with Gasteiger partial charge in [-0.1, -0.05) is 18.2 Å². The van der Waals surface area contributed by atoms with Crippen molar-refractivity contribution in [3.63, 3.8) is 0 Å². The van der Waals surface area contributed by atoms with Crippen molar-refractivity contribution in [3.8, 4) is 50.9 Å². The van der Waals surface area contributed by atoms with E-state index in [4.69, 9.17) is 29.4 Å². The Kier molecular flexibility index (Phi) is 11.4. The molecule has 12 nitrogen and oxygen atoms in total. The van der Waals surface area contributed by atoms with Crippen LogP contribution in [0.15, 0.2) is 90.1 Å². The second kappa shape index (κ2) is 16.7. The molecule has 3 aromatic carbocycles. The number of ether oxygens (including phenoxy) is 5. The van der Waals surface area contributed by atoms with Crippen molar-refractivity contribution in [1.82, 2.24) is 9.55 Å². The number of methoxy groups -OCH3 is 1. The SMILES string of the molecule is COc1cc(-c2cnc(N)c(-c3ccc(NC(=O)c4cn(CC5(C#N)CCOCC5)cc(-c5ccc(F)cc5F)c4=O)cc3)c2)ccc1OC[C@H]1COCCO1. The quantitative estimate of drug-likeness (QED) is 0.153. The lowest BCUT2D eigenvalue weighted by Gasteiger charge is -2.31. The predicted molar refractivity (Wildman–Crippen MR) is 204 cm³/mol. The van der Waals surface area contributed by atoms with E-state index < -0.39 is 28.4 Å². The summed E-state index contributed by atoms with van der Waals surface area (Å²) in [4.78, 5) is 31.9. The number of hydrogen-bond acceptors (Lipinski definition) is 10. The van der Waals surface area contributed by atoms with E-state index in [0.717, 1.165) is 23.3 Å². The zero-order chi connectivity index (χ0) is 39.2. The number of carbonyl (C=O) groups excluding carboxylic acids is 1. The molecule has 2 fully saturated rings. The van der Waals surface area contributed by atoms with E-state index >= 15 is 4.39 Å². The second-order valence-electron chi connectivity index (χ2n) is 13.6. The number of carbonyl (C=O) groups is 1. The molecule has 2 aliphatic rings. The van der Waals surface area contributed by atoms with E-state index in [0.29, 0.717) is 86.9 Å². The van der Waals surface area contributed by atoms with Gasteiger partial charge in [-0.2, -0.15) is 5.26 Å². The monoisotopic (exact) mass is 763 g/mol. The van der Waals surface area contributed by atoms with E-state index in [1.54, 1.807) is 42.1 Å². The maximum atomic E-state index is 15.0. The molecular weight excluding hydrogens is 724 g/mol. The Hall–Kier alpha value is -6.14. The molecule has 0 unspecified atom stereocenters. The second-order valence-corrected chi connectivity index (χ2v) is 13.6. The third-order valence-corrected chi connectivity index (χ3v) is 9.90. The average Bonchev–Trinajstić information content (AvgIpc) is 3.22. The maximum absolute atomic E-state index is 15.0. The third-order valence-electron chi connectivity index (χ3n) is 9.90. The summed E-state index contributed by atoms with van der Waals surface area (Å²) in [5.41, 5.74) is 7.47. The number of halogens is 2. The molecule has 5 aromatic rings. The van der Waals surface area contributed by atoms with Gasteiger partial charge in [-0.15, -0.1) is 0 Å². The van der Waals surface area contributed by atoms with Crippen LogP contribution in [0.1, 0.15) is 23.2 Å². The lowest BCUT2D eigenvalue weighted by atomic mass is 9.81. The summed E-state index contributed by atoms with van der Waals surface area (Å²) >= 11 is 0. The van der Waals surface area contributed by atoms with Crippen LogP contribution in [0.2, 0.25) is 0 Å². The molecule has 7 rings (SSSR count). The van der Waals surface area contributed by atoms with Crippen molar-refractivity contribution in [2.45, 2.75) is 25.5 Å². The van der Waals surface area contributed by atoms with Gasteiger partial charge < -0.3 is 39.3 Å². The van der Waals surface area contributed by atoms with Crippen molar-refractivity contribution in [2.75, 3.05) is 57.8 Å². The standard InChI is InChI=1S/C42H39F2N5O7/c1-52-38-17-27(4-9-37(38)56-23-31-22-54-14-15-55-31)28-16-33(40(46)47-19-28)26-2-6-30(7-3-26)48-41(51)35-21-49(25-42(24-45)10-12-53-13-11-42)20-34(39(35)50)32-8-5-29(43)18-36(32)44/h2-9,16-21,31H,10-15,22-23,25H2,1H3,(H2,46,47)(H,48,51)/t31-/m1/s1. The number of nitrogens with zero attached hydrogens (tertiary/aromatic N) is 3. The van der Waals surface area contributed by atoms with Crippen LogP contribution in [0.5, 0.6) is 11.5 Å². The molecule has 0 aliphatic carbocycles. The molecule has 1 atom stereocenters. The number of nitrogens with one attached hydrogen (secondary N) is 1. The van der Waals surface area contributed by atoms with Crippen molar-refractivity contribution >= 4 is 17.4 Å². The van der Waals surface area contributed by atoms with Gasteiger partial charge in [0, 0.05) is 72.4 Å². The van der Waals surface area contributed by atoms with Crippen LogP contribution in [0.3, 0.4) is 0 Å². The number of rotatable bonds is 11. The Morgan fingerprint density at radius 1 is 0.946 bits per heavy atom. The first-order chi connectivity index (χ1) is 27.1. The van der Waals surface area contributed by atoms with Gasteiger partial charge in [-0.3, -0.25) is 9.59 Å². The van der Waals surface area contributed by atoms with Crippen LogP contribution in [0.25, 0.3) is 33.4 Å². The van der Waals surface area contributed by atoms with Crippen molar-refractivity contribution in [3.05, 3.63) is 113 Å². The van der Waals surface area contributed by atoms with Crippen LogP contribution in [0.4, 0.5) is 20.3 Å². The highest BCUT2D eigenvalue weighted by molar-refractivity contribution is 6.04. The molecule has 2 aliphatic heterocycles. The number of amides is 1. The molecule has 288 valence electrons. The Balaban J connectivity index is 1.12. The molecule has 1 amide bonds. The molecule has 56 heavy (non-hydrogen) atoms. The largest absolute Gasteiger partial charge is 0.493 e. The molecule has 0 radical (unpaired) electrons. The van der Waals surface area contributed by atoms with Gasteiger partial charge >= 0.3 is 0 Å². The minimum atomic E-state index is -0.956. The smallest absolute Gasteiger partial charge is 0.261 e. The minimum absolute atomic E-state index is 0.128. The summed E-state index contributed by atoms with van der Waals surface area (Å²) in [6.07, 6.45) is 5.13. The summed E-state index contributed by atoms with van der Waals surface area (Å²) in [6.45, 7) is 2.77. The minimum Gasteiger partial charge on any atom is -0.493 e. The van der Waals surface area contributed by atoms with Gasteiger partial charge in [-0.05, 0) is 66.4 Å². The highest BCUT2D eigenvalue weighted by atomic mass is 19.1. The molecule has 4 heterocycles. The molecule has 0 bridgehead atoms. The highest BCUT2D eigenvalue weighted by Gasteiger charge is 2.34. The highest BCUT2D eigenvalue weighted by Crippen LogP contribution is 2.36. The molecule has 2 saturated heterocycles. The number of nitriles is 1. The van der Waals surface area contributed by atoms with E-state index in [1.165, 1.54) is 12.4 Å². The van der Waals surface area contributed by atoms with Gasteiger partial charge in [-0.25, -0.2) is 13.8 Å². The Morgan fingerprint density at radius 2 is 1.73 bits per heavy atom. The fraction of sp³-hybridized carbons (Fsp3) is 0.286. The number of pyridine rings is 2. The summed E-state index contributed by atoms with van der Waals surface area (Å²) in [5.74, 6) is -1.13. The number of aromatic nitrogens is 2. The van der Waals surface area contributed by atoms with Gasteiger partial charge in [0.05, 0.1) is 38.4 Å². The Morgan fingerprint density at radius 3 is 2.45 bits per heavy atom. The van der Waals surface area contributed by atoms with Crippen LogP contribution in [-0.2, 0) is 20.8 Å². The van der Waals surface area contributed by atoms with E-state index in [2.05, 4.69) is 16.4 Å². The number of anilines is 2. The zero-order valence-corrected chi connectivity index (χ0v) is 30.6. The number of nitrogens with two attached hydrogens (primary N) is 1. The van der Waals surface area contributed by atoms with Gasteiger partial charge in [0.15, 0.2) is 11.5 Å². The zero-order valence-electron chi connectivity index (χ0n) is 30.6. The molecular formula is C42H39F2N5O7. The molecule has 14 heteroatoms. The Labute approximate surface area is 321 Å². The average molecular weight is 764 g/mol. The van der Waals surface area contributed by atoms with E-state index in [-0.39, 0.29) is 35.2 Å². The van der Waals surface area contributed by atoms with Crippen LogP contribution in [0, 0.1) is 28.4 Å². The van der Waals surface area contributed by atoms with Crippen molar-refractivity contribution in [1.29, 1.82) is 5.26 Å². The maximum Gasteiger partial charge on any atom is 0.261 e. The van der Waals surface area contributed by atoms with Crippen LogP contribution < -0.4 is 26.0 Å². The number of nitrogen functional groups attached to an aromatic ring is 1. The number of hydrogen-bond donors (Lipinski definition) is 2. The third kappa shape index (κ3) is 8.40. The van der Waals surface area contributed by atoms with Gasteiger partial charge in [0.2, 0.25) is 5.43 Å². The predicted octanol–water partition coefficient (Wildman–Crippen LogP) is 6.48. The van der Waals surface area contributed by atoms with Crippen molar-refractivity contribution in [2.24, 2.45) is 5.41 Å². The molecule has 3 N–H and O–H groups in total.